The second-order valence-corrected chi connectivity index (χ2v) is 16.2. The van der Waals surface area contributed by atoms with Crippen molar-refractivity contribution in [3.63, 3.8) is 0 Å². The Bertz CT molecular complexity index is 3540. The SMILES string of the molecule is c1ccc(-c2nc(-c3cccc(-c4cccc5oc6ccccc6c45)c3)nc(-c3ccccc3-c3cccc4c3C3(c5ccccc5-c5ccccc53)c3ccccc3-4)n2)cc1. The highest BCUT2D eigenvalue weighted by molar-refractivity contribution is 6.12. The molecule has 4 heteroatoms. The molecule has 4 nitrogen and oxygen atoms in total. The fraction of sp³-hybridized carbons (Fsp3) is 0.0172. The van der Waals surface area contributed by atoms with Crippen LogP contribution in [-0.2, 0) is 5.41 Å². The molecule has 0 unspecified atom stereocenters. The van der Waals surface area contributed by atoms with Crippen molar-refractivity contribution in [2.75, 3.05) is 0 Å². The van der Waals surface area contributed by atoms with Crippen molar-refractivity contribution in [3.8, 4) is 78.7 Å². The number of furan rings is 1. The molecule has 62 heavy (non-hydrogen) atoms. The Morgan fingerprint density at radius 2 is 0.758 bits per heavy atom. The molecule has 2 aliphatic carbocycles. The standard InChI is InChI=1S/C58H35N3O/c1-2-17-36(18-3-1)55-59-56(38-20-14-19-37(35-38)39-27-16-34-52-53(39)47-26-9-13-33-51(47)62-52)61-57(60-55)46-25-5-4-21-40(46)44-28-15-29-45-43-24-8-12-32-50(43)58(54(44)45)48-30-10-6-22-41(48)42-23-7-11-31-49(42)58/h1-35H. The van der Waals surface area contributed by atoms with Crippen molar-refractivity contribution in [3.05, 3.63) is 235 Å². The van der Waals surface area contributed by atoms with Crippen LogP contribution in [0.3, 0.4) is 0 Å². The topological polar surface area (TPSA) is 51.8 Å². The van der Waals surface area contributed by atoms with Crippen LogP contribution in [0.1, 0.15) is 22.3 Å². The lowest BCUT2D eigenvalue weighted by molar-refractivity contribution is 0.669. The summed E-state index contributed by atoms with van der Waals surface area (Å²) in [4.78, 5) is 15.9. The maximum atomic E-state index is 6.28. The zero-order valence-electron chi connectivity index (χ0n) is 33.5. The van der Waals surface area contributed by atoms with Gasteiger partial charge in [-0.1, -0.05) is 194 Å². The molecule has 1 spiro atoms. The van der Waals surface area contributed by atoms with Crippen LogP contribution in [0, 0.1) is 0 Å². The lowest BCUT2D eigenvalue weighted by atomic mass is 9.68. The van der Waals surface area contributed by atoms with E-state index in [2.05, 4.69) is 176 Å². The van der Waals surface area contributed by atoms with E-state index in [1.165, 1.54) is 44.5 Å². The molecule has 0 radical (unpaired) electrons. The van der Waals surface area contributed by atoms with Gasteiger partial charge in [0.05, 0.1) is 5.41 Å². The molecule has 0 N–H and O–H groups in total. The van der Waals surface area contributed by atoms with Gasteiger partial charge in [-0.3, -0.25) is 0 Å². The van der Waals surface area contributed by atoms with Crippen LogP contribution in [0.2, 0.25) is 0 Å². The van der Waals surface area contributed by atoms with Crippen LogP contribution in [-0.4, -0.2) is 15.0 Å². The maximum Gasteiger partial charge on any atom is 0.164 e. The summed E-state index contributed by atoms with van der Waals surface area (Å²) in [5.41, 5.74) is 18.7. The second kappa shape index (κ2) is 13.4. The molecule has 0 saturated carbocycles. The molecule has 13 rings (SSSR count). The quantitative estimate of drug-likeness (QED) is 0.174. The van der Waals surface area contributed by atoms with Crippen LogP contribution in [0.5, 0.6) is 0 Å². The summed E-state index contributed by atoms with van der Waals surface area (Å²) in [6, 6.07) is 75.6. The molecule has 0 fully saturated rings. The number of para-hydroxylation sites is 1. The number of rotatable bonds is 5. The Morgan fingerprint density at radius 1 is 0.306 bits per heavy atom. The monoisotopic (exact) mass is 789 g/mol. The molecular formula is C58H35N3O. The van der Waals surface area contributed by atoms with E-state index in [4.69, 9.17) is 19.4 Å². The summed E-state index contributed by atoms with van der Waals surface area (Å²) in [5, 5.41) is 2.19. The minimum Gasteiger partial charge on any atom is -0.456 e. The van der Waals surface area contributed by atoms with Crippen LogP contribution in [0.15, 0.2) is 217 Å². The lowest BCUT2D eigenvalue weighted by Gasteiger charge is -2.32. The molecule has 2 heterocycles. The average Bonchev–Trinajstić information content (AvgIpc) is 3.99. The van der Waals surface area contributed by atoms with Gasteiger partial charge in [0.15, 0.2) is 17.5 Å². The van der Waals surface area contributed by atoms with Gasteiger partial charge in [0.2, 0.25) is 0 Å². The molecule has 0 amide bonds. The number of nitrogens with zero attached hydrogens (tertiary/aromatic N) is 3. The van der Waals surface area contributed by atoms with E-state index < -0.39 is 5.41 Å². The summed E-state index contributed by atoms with van der Waals surface area (Å²) in [5.74, 6) is 1.84. The summed E-state index contributed by atoms with van der Waals surface area (Å²) < 4.78 is 6.28. The minimum atomic E-state index is -0.508. The van der Waals surface area contributed by atoms with Gasteiger partial charge in [0.1, 0.15) is 11.2 Å². The Morgan fingerprint density at radius 3 is 1.48 bits per heavy atom. The van der Waals surface area contributed by atoms with Gasteiger partial charge in [-0.25, -0.2) is 15.0 Å². The zero-order chi connectivity index (χ0) is 40.8. The number of benzene rings is 9. The fourth-order valence-corrected chi connectivity index (χ4v) is 10.5. The third-order valence-electron chi connectivity index (χ3n) is 13.0. The second-order valence-electron chi connectivity index (χ2n) is 16.2. The molecule has 0 bridgehead atoms. The van der Waals surface area contributed by atoms with E-state index >= 15 is 0 Å². The predicted octanol–water partition coefficient (Wildman–Crippen LogP) is 14.4. The first-order valence-electron chi connectivity index (χ1n) is 21.1. The van der Waals surface area contributed by atoms with Gasteiger partial charge < -0.3 is 4.42 Å². The highest BCUT2D eigenvalue weighted by Gasteiger charge is 2.52. The zero-order valence-corrected chi connectivity index (χ0v) is 33.5. The Balaban J connectivity index is 1.03. The van der Waals surface area contributed by atoms with E-state index in [1.54, 1.807) is 0 Å². The molecule has 2 aliphatic rings. The number of fused-ring (bicyclic) bond motifs is 13. The average molecular weight is 790 g/mol. The number of aromatic nitrogens is 3. The summed E-state index contributed by atoms with van der Waals surface area (Å²) >= 11 is 0. The van der Waals surface area contributed by atoms with Crippen LogP contribution in [0.4, 0.5) is 0 Å². The molecule has 288 valence electrons. The normalized spacial score (nSPS) is 13.0. The van der Waals surface area contributed by atoms with Crippen molar-refractivity contribution in [2.45, 2.75) is 5.41 Å². The van der Waals surface area contributed by atoms with Gasteiger partial charge >= 0.3 is 0 Å². The molecule has 2 aromatic heterocycles. The van der Waals surface area contributed by atoms with E-state index in [1.807, 2.05) is 36.4 Å². The van der Waals surface area contributed by atoms with Crippen molar-refractivity contribution >= 4 is 21.9 Å². The molecule has 0 aliphatic heterocycles. The molecule has 11 aromatic rings. The van der Waals surface area contributed by atoms with Gasteiger partial charge in [0, 0.05) is 27.5 Å². The Hall–Kier alpha value is -8.21. The van der Waals surface area contributed by atoms with E-state index in [-0.39, 0.29) is 0 Å². The van der Waals surface area contributed by atoms with E-state index in [9.17, 15) is 0 Å². The van der Waals surface area contributed by atoms with Crippen LogP contribution in [0.25, 0.3) is 101 Å². The summed E-state index contributed by atoms with van der Waals surface area (Å²) in [6.45, 7) is 0. The Labute approximate surface area is 358 Å². The lowest BCUT2D eigenvalue weighted by Crippen LogP contribution is -2.26. The first-order chi connectivity index (χ1) is 30.8. The third kappa shape index (κ3) is 4.92. The molecule has 9 aromatic carbocycles. The van der Waals surface area contributed by atoms with Crippen molar-refractivity contribution in [1.82, 2.24) is 15.0 Å². The van der Waals surface area contributed by atoms with Gasteiger partial charge in [0.25, 0.3) is 0 Å². The smallest absolute Gasteiger partial charge is 0.164 e. The van der Waals surface area contributed by atoms with Crippen LogP contribution < -0.4 is 0 Å². The van der Waals surface area contributed by atoms with Gasteiger partial charge in [-0.05, 0) is 85.0 Å². The summed E-state index contributed by atoms with van der Waals surface area (Å²) in [6.07, 6.45) is 0. The maximum absolute atomic E-state index is 6.28. The first-order valence-corrected chi connectivity index (χ1v) is 21.1. The fourth-order valence-electron chi connectivity index (χ4n) is 10.5. The minimum absolute atomic E-state index is 0.508. The highest BCUT2D eigenvalue weighted by atomic mass is 16.3. The van der Waals surface area contributed by atoms with Crippen LogP contribution >= 0.6 is 0 Å². The van der Waals surface area contributed by atoms with E-state index in [0.717, 1.165) is 60.9 Å². The highest BCUT2D eigenvalue weighted by Crippen LogP contribution is 2.64. The number of hydrogen-bond acceptors (Lipinski definition) is 4. The van der Waals surface area contributed by atoms with Crippen molar-refractivity contribution in [1.29, 1.82) is 0 Å². The first kappa shape index (κ1) is 34.6. The third-order valence-corrected chi connectivity index (χ3v) is 13.0. The number of hydrogen-bond donors (Lipinski definition) is 0. The molecule has 0 saturated heterocycles. The molecule has 0 atom stereocenters. The summed E-state index contributed by atoms with van der Waals surface area (Å²) in [7, 11) is 0. The molecular weight excluding hydrogens is 755 g/mol. The van der Waals surface area contributed by atoms with Crippen molar-refractivity contribution < 1.29 is 4.42 Å². The van der Waals surface area contributed by atoms with Gasteiger partial charge in [-0.2, -0.15) is 0 Å². The van der Waals surface area contributed by atoms with Gasteiger partial charge in [-0.15, -0.1) is 0 Å². The van der Waals surface area contributed by atoms with Crippen molar-refractivity contribution in [2.24, 2.45) is 0 Å². The predicted molar refractivity (Wildman–Crippen MR) is 251 cm³/mol. The Kier molecular flexibility index (Phi) is 7.49. The van der Waals surface area contributed by atoms with E-state index in [0.29, 0.717) is 17.5 Å². The largest absolute Gasteiger partial charge is 0.456 e.